The van der Waals surface area contributed by atoms with Crippen LogP contribution in [0.2, 0.25) is 0 Å². The van der Waals surface area contributed by atoms with Crippen molar-refractivity contribution in [2.24, 2.45) is 17.3 Å². The normalized spacial score (nSPS) is 21.9. The lowest BCUT2D eigenvalue weighted by Gasteiger charge is -2.55. The van der Waals surface area contributed by atoms with E-state index in [2.05, 4.69) is 172 Å². The Bertz CT molecular complexity index is 1940. The van der Waals surface area contributed by atoms with Gasteiger partial charge in [0.05, 0.1) is 7.11 Å². The van der Waals surface area contributed by atoms with Crippen molar-refractivity contribution in [2.75, 3.05) is 28.3 Å². The summed E-state index contributed by atoms with van der Waals surface area (Å²) in [5.41, 5.74) is -0.388. The van der Waals surface area contributed by atoms with Crippen molar-refractivity contribution >= 4 is 23.9 Å². The number of nitrogens with zero attached hydrogens (tertiary/aromatic N) is 3. The molecule has 1 aromatic carbocycles. The molecule has 75 heavy (non-hydrogen) atoms. The van der Waals surface area contributed by atoms with E-state index >= 15 is 0 Å². The van der Waals surface area contributed by atoms with E-state index in [0.717, 1.165) is 68.1 Å². The van der Waals surface area contributed by atoms with Gasteiger partial charge in [-0.1, -0.05) is 92.7 Å². The van der Waals surface area contributed by atoms with E-state index in [-0.39, 0.29) is 86.7 Å². The van der Waals surface area contributed by atoms with Gasteiger partial charge in [0.25, 0.3) is 0 Å². The first-order valence-corrected chi connectivity index (χ1v) is 28.8. The molecular formula is C63H111N3O9. The van der Waals surface area contributed by atoms with Crippen LogP contribution in [-0.4, -0.2) is 122 Å². The summed E-state index contributed by atoms with van der Waals surface area (Å²) in [4.78, 5) is 59.7. The molecule has 0 amide bonds. The van der Waals surface area contributed by atoms with E-state index in [1.165, 1.54) is 7.11 Å². The molecule has 1 unspecified atom stereocenters. The topological polar surface area (TPSA) is 146 Å². The van der Waals surface area contributed by atoms with Gasteiger partial charge in [-0.3, -0.25) is 33.9 Å². The van der Waals surface area contributed by atoms with Gasteiger partial charge in [0.1, 0.15) is 18.0 Å². The van der Waals surface area contributed by atoms with Crippen molar-refractivity contribution in [1.82, 2.24) is 14.7 Å². The summed E-state index contributed by atoms with van der Waals surface area (Å²) >= 11 is 0. The van der Waals surface area contributed by atoms with E-state index in [4.69, 9.17) is 9.47 Å². The smallest absolute Gasteiger partial charge is 0.324 e. The molecule has 4 rings (SSSR count). The van der Waals surface area contributed by atoms with E-state index in [9.17, 15) is 29.4 Å². The third kappa shape index (κ3) is 17.1. The van der Waals surface area contributed by atoms with Gasteiger partial charge in [-0.15, -0.1) is 0 Å². The Labute approximate surface area is 457 Å². The molecule has 3 aliphatic rings. The molecule has 0 aliphatic carbocycles. The molecule has 3 heterocycles. The quantitative estimate of drug-likeness (QED) is 0.0588. The molecule has 3 saturated heterocycles. The average molecular weight is 1050 g/mol. The molecule has 0 bridgehead atoms. The predicted octanol–water partition coefficient (Wildman–Crippen LogP) is 13.6. The zero-order chi connectivity index (χ0) is 57.7. The maximum Gasteiger partial charge on any atom is 0.324 e. The summed E-state index contributed by atoms with van der Waals surface area (Å²) in [5, 5.41) is 20.9. The van der Waals surface area contributed by atoms with Crippen LogP contribution in [0.5, 0.6) is 5.75 Å². The number of carbonyl (C=O) groups is 4. The lowest BCUT2D eigenvalue weighted by molar-refractivity contribution is -0.188. The summed E-state index contributed by atoms with van der Waals surface area (Å²) in [7, 11) is 7.87. The predicted molar refractivity (Wildman–Crippen MR) is 305 cm³/mol. The van der Waals surface area contributed by atoms with Crippen LogP contribution in [0, 0.1) is 17.3 Å². The number of likely N-dealkylation sites (tertiary alicyclic amines) is 3. The second-order valence-corrected chi connectivity index (χ2v) is 29.4. The molecular weight excluding hydrogens is 943 g/mol. The van der Waals surface area contributed by atoms with Crippen molar-refractivity contribution in [3.8, 4) is 5.75 Å². The summed E-state index contributed by atoms with van der Waals surface area (Å²) < 4.78 is 17.8. The number of ether oxygens (including phenoxy) is 3. The van der Waals surface area contributed by atoms with Gasteiger partial charge in [-0.2, -0.15) is 0 Å². The van der Waals surface area contributed by atoms with Crippen LogP contribution in [0.3, 0.4) is 0 Å². The lowest BCUT2D eigenvalue weighted by Crippen LogP contribution is -2.61. The number of aromatic hydroxyl groups is 1. The highest BCUT2D eigenvalue weighted by Crippen LogP contribution is 2.47. The molecule has 1 atom stereocenters. The number of aliphatic carboxylic acids is 1. The van der Waals surface area contributed by atoms with Gasteiger partial charge >= 0.3 is 23.9 Å². The molecule has 1 aromatic rings. The third-order valence-electron chi connectivity index (χ3n) is 18.5. The SMILES string of the molecule is CCCCC(Cc1cc(C(C)(C)C)c(O)c(C(C)(C)C)c1)(C(=O)OC1CC(C)(C)N(C)C(C)(C)C1)C(=O)OC1CC(C)(C)N(C)C(C)(C)C1.COC(=O)CCCCCCC(CC(=O)O)C1CC(C)(C)N(C)C(C)(C)C1. The number of unbranched alkanes of at least 4 members (excludes halogenated alkanes) is 4. The zero-order valence-electron chi connectivity index (χ0n) is 52.1. The minimum absolute atomic E-state index is 0.0870. The molecule has 3 aliphatic heterocycles. The Kier molecular flexibility index (Phi) is 21.9. The van der Waals surface area contributed by atoms with Crippen molar-refractivity contribution in [1.29, 1.82) is 0 Å². The van der Waals surface area contributed by atoms with Crippen LogP contribution in [0.25, 0.3) is 0 Å². The number of phenolic OH excluding ortho intramolecular Hbond substituents is 1. The van der Waals surface area contributed by atoms with Crippen LogP contribution in [0.15, 0.2) is 12.1 Å². The highest BCUT2D eigenvalue weighted by Gasteiger charge is 2.54. The van der Waals surface area contributed by atoms with Crippen LogP contribution in [-0.2, 0) is 50.6 Å². The van der Waals surface area contributed by atoms with E-state index in [0.29, 0.717) is 50.9 Å². The summed E-state index contributed by atoms with van der Waals surface area (Å²) in [6.07, 6.45) is 11.8. The minimum atomic E-state index is -1.54. The van der Waals surface area contributed by atoms with Gasteiger partial charge < -0.3 is 24.4 Å². The number of carboxylic acid groups (broad SMARTS) is 1. The molecule has 0 spiro atoms. The van der Waals surface area contributed by atoms with Gasteiger partial charge in [0.15, 0.2) is 5.41 Å². The number of carboxylic acids is 1. The van der Waals surface area contributed by atoms with Crippen LogP contribution in [0.4, 0.5) is 0 Å². The molecule has 0 radical (unpaired) electrons. The minimum Gasteiger partial charge on any atom is -0.507 e. The van der Waals surface area contributed by atoms with Gasteiger partial charge in [0.2, 0.25) is 0 Å². The molecule has 0 saturated carbocycles. The van der Waals surface area contributed by atoms with Gasteiger partial charge in [-0.05, 0) is 182 Å². The highest BCUT2D eigenvalue weighted by molar-refractivity contribution is 6.00. The number of phenols is 1. The Balaban J connectivity index is 0.000000480. The highest BCUT2D eigenvalue weighted by atomic mass is 16.6. The van der Waals surface area contributed by atoms with Crippen molar-refractivity contribution in [3.63, 3.8) is 0 Å². The fourth-order valence-corrected chi connectivity index (χ4v) is 13.2. The maximum absolute atomic E-state index is 15.0. The zero-order valence-corrected chi connectivity index (χ0v) is 52.1. The van der Waals surface area contributed by atoms with Crippen molar-refractivity contribution < 1.29 is 43.6 Å². The number of carbonyl (C=O) groups excluding carboxylic acids is 3. The van der Waals surface area contributed by atoms with Crippen LogP contribution in [0.1, 0.15) is 251 Å². The number of piperidine rings is 3. The summed E-state index contributed by atoms with van der Waals surface area (Å²) in [6.45, 7) is 41.2. The summed E-state index contributed by atoms with van der Waals surface area (Å²) in [5.74, 6) is -0.843. The Morgan fingerprint density at radius 3 is 1.33 bits per heavy atom. The van der Waals surface area contributed by atoms with E-state index in [1.54, 1.807) is 0 Å². The number of methoxy groups -OCH3 is 1. The lowest BCUT2D eigenvalue weighted by atomic mass is 9.67. The Hall–Kier alpha value is -3.22. The molecule has 2 N–H and O–H groups in total. The Morgan fingerprint density at radius 1 is 0.613 bits per heavy atom. The van der Waals surface area contributed by atoms with E-state index < -0.39 is 23.3 Å². The second-order valence-electron chi connectivity index (χ2n) is 29.4. The van der Waals surface area contributed by atoms with Crippen molar-refractivity contribution in [2.45, 2.75) is 297 Å². The third-order valence-corrected chi connectivity index (χ3v) is 18.5. The van der Waals surface area contributed by atoms with Crippen LogP contribution < -0.4 is 0 Å². The fourth-order valence-electron chi connectivity index (χ4n) is 13.2. The number of benzene rings is 1. The van der Waals surface area contributed by atoms with Crippen LogP contribution >= 0.6 is 0 Å². The standard InChI is InChI=1S/C42H72N2O5.C21H39NO4/c1-18-19-20-42(34(46)48-29-24-38(8,9)43(16)39(10,11)25-29,35(47)49-30-26-40(12,13)44(17)41(14,15)27-30)23-28-21-31(36(2,3)4)33(45)32(22-28)37(5,6)7;1-20(2)14-17(15-21(3,4)22(20)5)16(13-18(23)24)11-9-7-8-10-12-19(25)26-6/h21-22,29-30,45H,18-20,23-27H2,1-17H3;16-17H,7-15H2,1-6H3,(H,23,24). The average Bonchev–Trinajstić information content (AvgIpc) is 3.24. The largest absolute Gasteiger partial charge is 0.507 e. The first-order valence-electron chi connectivity index (χ1n) is 28.8. The van der Waals surface area contributed by atoms with Crippen molar-refractivity contribution in [3.05, 3.63) is 28.8 Å². The first kappa shape index (κ1) is 66.1. The molecule has 0 aromatic heterocycles. The molecule has 12 nitrogen and oxygen atoms in total. The number of esters is 3. The number of rotatable bonds is 19. The number of hydrogen-bond donors (Lipinski definition) is 2. The fraction of sp³-hybridized carbons (Fsp3) is 0.841. The molecule has 12 heteroatoms. The monoisotopic (exact) mass is 1050 g/mol. The Morgan fingerprint density at radius 2 is 0.987 bits per heavy atom. The molecule has 432 valence electrons. The van der Waals surface area contributed by atoms with Gasteiger partial charge in [0, 0.05) is 71.8 Å². The maximum atomic E-state index is 15.0. The first-order chi connectivity index (χ1) is 34.0. The summed E-state index contributed by atoms with van der Waals surface area (Å²) in [6, 6.07) is 3.99. The number of hydrogen-bond acceptors (Lipinski definition) is 11. The molecule has 3 fully saturated rings. The van der Waals surface area contributed by atoms with E-state index in [1.807, 2.05) is 12.1 Å². The van der Waals surface area contributed by atoms with Gasteiger partial charge in [-0.25, -0.2) is 0 Å². The second kappa shape index (κ2) is 24.8.